The summed E-state index contributed by atoms with van der Waals surface area (Å²) < 4.78 is 27.3. The highest BCUT2D eigenvalue weighted by atomic mass is 19.1. The van der Waals surface area contributed by atoms with Crippen molar-refractivity contribution in [2.75, 3.05) is 0 Å². The van der Waals surface area contributed by atoms with Crippen LogP contribution in [0.15, 0.2) is 54.6 Å². The van der Waals surface area contributed by atoms with Gasteiger partial charge in [-0.2, -0.15) is 0 Å². The zero-order valence-electron chi connectivity index (χ0n) is 15.2. The molecule has 0 amide bonds. The van der Waals surface area contributed by atoms with Crippen LogP contribution in [0, 0.1) is 18.6 Å². The standard InChI is InChI=1S/C23H22F2O/c1-4-14(2)16-5-7-17(8-6-16)18-9-10-20(15(3)11-18)19-12-21(24)23(26)22(25)13-19/h5-14,26H,4H2,1-3H3. The maximum Gasteiger partial charge on any atom is 0.187 e. The van der Waals surface area contributed by atoms with Crippen LogP contribution in [-0.2, 0) is 0 Å². The van der Waals surface area contributed by atoms with Crippen LogP contribution in [0.25, 0.3) is 22.3 Å². The number of aromatic hydroxyl groups is 1. The van der Waals surface area contributed by atoms with Crippen molar-refractivity contribution >= 4 is 0 Å². The molecule has 0 saturated carbocycles. The van der Waals surface area contributed by atoms with E-state index in [1.807, 2.05) is 25.1 Å². The Morgan fingerprint density at radius 2 is 1.42 bits per heavy atom. The van der Waals surface area contributed by atoms with E-state index in [0.717, 1.165) is 40.8 Å². The van der Waals surface area contributed by atoms with Crippen LogP contribution in [0.3, 0.4) is 0 Å². The fraction of sp³-hybridized carbons (Fsp3) is 0.217. The van der Waals surface area contributed by atoms with Gasteiger partial charge in [-0.3, -0.25) is 0 Å². The molecule has 0 aromatic heterocycles. The van der Waals surface area contributed by atoms with Crippen molar-refractivity contribution in [1.82, 2.24) is 0 Å². The predicted octanol–water partition coefficient (Wildman–Crippen LogP) is 6.83. The molecule has 0 bridgehead atoms. The maximum atomic E-state index is 13.6. The number of phenolic OH excluding ortho intramolecular Hbond substituents is 1. The van der Waals surface area contributed by atoms with Gasteiger partial charge in [0, 0.05) is 0 Å². The van der Waals surface area contributed by atoms with Gasteiger partial charge in [0.25, 0.3) is 0 Å². The minimum absolute atomic E-state index is 0.411. The molecule has 0 spiro atoms. The van der Waals surface area contributed by atoms with Crippen molar-refractivity contribution in [2.24, 2.45) is 0 Å². The SMILES string of the molecule is CCC(C)c1ccc(-c2ccc(-c3cc(F)c(O)c(F)c3)c(C)c2)cc1. The smallest absolute Gasteiger partial charge is 0.187 e. The molecule has 0 saturated heterocycles. The quantitative estimate of drug-likeness (QED) is 0.546. The van der Waals surface area contributed by atoms with E-state index in [1.54, 1.807) is 0 Å². The van der Waals surface area contributed by atoms with E-state index in [2.05, 4.69) is 38.1 Å². The molecule has 3 heteroatoms. The van der Waals surface area contributed by atoms with Gasteiger partial charge in [-0.05, 0) is 64.8 Å². The second-order valence-electron chi connectivity index (χ2n) is 6.75. The Morgan fingerprint density at radius 1 is 0.846 bits per heavy atom. The Balaban J connectivity index is 1.95. The zero-order chi connectivity index (χ0) is 18.8. The second kappa shape index (κ2) is 7.28. The van der Waals surface area contributed by atoms with Crippen LogP contribution in [0.4, 0.5) is 8.78 Å². The molecule has 0 aliphatic rings. The minimum Gasteiger partial charge on any atom is -0.503 e. The molecule has 0 fully saturated rings. The Bertz CT molecular complexity index is 906. The van der Waals surface area contributed by atoms with E-state index in [1.165, 1.54) is 5.56 Å². The summed E-state index contributed by atoms with van der Waals surface area (Å²) >= 11 is 0. The van der Waals surface area contributed by atoms with Gasteiger partial charge in [-0.15, -0.1) is 0 Å². The van der Waals surface area contributed by atoms with Crippen molar-refractivity contribution in [3.63, 3.8) is 0 Å². The second-order valence-corrected chi connectivity index (χ2v) is 6.75. The Morgan fingerprint density at radius 3 is 1.96 bits per heavy atom. The number of benzene rings is 3. The van der Waals surface area contributed by atoms with Gasteiger partial charge < -0.3 is 5.11 Å². The van der Waals surface area contributed by atoms with Gasteiger partial charge in [0.15, 0.2) is 17.4 Å². The van der Waals surface area contributed by atoms with Crippen LogP contribution in [0.1, 0.15) is 37.3 Å². The highest BCUT2D eigenvalue weighted by Crippen LogP contribution is 2.32. The average Bonchev–Trinajstić information content (AvgIpc) is 2.65. The number of rotatable bonds is 4. The fourth-order valence-corrected chi connectivity index (χ4v) is 3.13. The molecule has 0 aliphatic carbocycles. The topological polar surface area (TPSA) is 20.2 Å². The Kier molecular flexibility index (Phi) is 5.08. The molecule has 3 aromatic carbocycles. The monoisotopic (exact) mass is 352 g/mol. The van der Waals surface area contributed by atoms with Gasteiger partial charge >= 0.3 is 0 Å². The van der Waals surface area contributed by atoms with Gasteiger partial charge in [0.05, 0.1) is 0 Å². The summed E-state index contributed by atoms with van der Waals surface area (Å²) in [6.07, 6.45) is 1.10. The lowest BCUT2D eigenvalue weighted by atomic mass is 9.93. The number of hydrogen-bond acceptors (Lipinski definition) is 1. The van der Waals surface area contributed by atoms with E-state index < -0.39 is 17.4 Å². The Labute approximate surface area is 152 Å². The molecule has 3 aromatic rings. The molecular weight excluding hydrogens is 330 g/mol. The molecule has 0 aliphatic heterocycles. The third kappa shape index (κ3) is 3.48. The predicted molar refractivity (Wildman–Crippen MR) is 102 cm³/mol. The molecule has 1 unspecified atom stereocenters. The first-order valence-corrected chi connectivity index (χ1v) is 8.80. The van der Waals surface area contributed by atoms with Crippen LogP contribution in [0.2, 0.25) is 0 Å². The molecule has 0 heterocycles. The van der Waals surface area contributed by atoms with E-state index in [-0.39, 0.29) is 0 Å². The molecular formula is C23H22F2O. The number of hydrogen-bond donors (Lipinski definition) is 1. The molecule has 134 valence electrons. The highest BCUT2D eigenvalue weighted by molar-refractivity contribution is 5.74. The molecule has 1 N–H and O–H groups in total. The highest BCUT2D eigenvalue weighted by Gasteiger charge is 2.13. The summed E-state index contributed by atoms with van der Waals surface area (Å²) in [5.74, 6) is -2.31. The molecule has 0 radical (unpaired) electrons. The van der Waals surface area contributed by atoms with Crippen molar-refractivity contribution in [3.05, 3.63) is 77.4 Å². The lowest BCUT2D eigenvalue weighted by Crippen LogP contribution is -1.92. The summed E-state index contributed by atoms with van der Waals surface area (Å²) in [7, 11) is 0. The van der Waals surface area contributed by atoms with E-state index >= 15 is 0 Å². The van der Waals surface area contributed by atoms with Gasteiger partial charge in [-0.25, -0.2) is 8.78 Å². The van der Waals surface area contributed by atoms with Gasteiger partial charge in [0.1, 0.15) is 0 Å². The largest absolute Gasteiger partial charge is 0.503 e. The minimum atomic E-state index is -0.955. The van der Waals surface area contributed by atoms with Crippen LogP contribution in [0.5, 0.6) is 5.75 Å². The van der Waals surface area contributed by atoms with Crippen LogP contribution >= 0.6 is 0 Å². The fourth-order valence-electron chi connectivity index (χ4n) is 3.13. The lowest BCUT2D eigenvalue weighted by Gasteiger charge is -2.12. The normalized spacial score (nSPS) is 12.2. The molecule has 1 atom stereocenters. The third-order valence-electron chi connectivity index (χ3n) is 4.98. The zero-order valence-corrected chi connectivity index (χ0v) is 15.2. The van der Waals surface area contributed by atoms with E-state index in [0.29, 0.717) is 11.5 Å². The summed E-state index contributed by atoms with van der Waals surface area (Å²) in [5.41, 5.74) is 5.55. The van der Waals surface area contributed by atoms with Crippen LogP contribution < -0.4 is 0 Å². The summed E-state index contributed by atoms with van der Waals surface area (Å²) in [6.45, 7) is 6.30. The van der Waals surface area contributed by atoms with E-state index in [9.17, 15) is 13.9 Å². The summed E-state index contributed by atoms with van der Waals surface area (Å²) in [5, 5.41) is 9.27. The first kappa shape index (κ1) is 18.1. The van der Waals surface area contributed by atoms with Gasteiger partial charge in [0.2, 0.25) is 0 Å². The summed E-state index contributed by atoms with van der Waals surface area (Å²) in [4.78, 5) is 0. The van der Waals surface area contributed by atoms with E-state index in [4.69, 9.17) is 0 Å². The molecule has 3 rings (SSSR count). The maximum absolute atomic E-state index is 13.6. The number of halogens is 2. The van der Waals surface area contributed by atoms with Crippen molar-refractivity contribution in [3.8, 4) is 28.0 Å². The Hall–Kier alpha value is -2.68. The first-order valence-electron chi connectivity index (χ1n) is 8.80. The van der Waals surface area contributed by atoms with Crippen LogP contribution in [-0.4, -0.2) is 5.11 Å². The van der Waals surface area contributed by atoms with Crippen molar-refractivity contribution in [1.29, 1.82) is 0 Å². The first-order chi connectivity index (χ1) is 12.4. The number of phenols is 1. The lowest BCUT2D eigenvalue weighted by molar-refractivity contribution is 0.396. The van der Waals surface area contributed by atoms with Gasteiger partial charge in [-0.1, -0.05) is 56.3 Å². The average molecular weight is 352 g/mol. The third-order valence-corrected chi connectivity index (χ3v) is 4.98. The molecule has 1 nitrogen and oxygen atoms in total. The number of aryl methyl sites for hydroxylation is 1. The van der Waals surface area contributed by atoms with Crippen molar-refractivity contribution < 1.29 is 13.9 Å². The molecule has 26 heavy (non-hydrogen) atoms. The van der Waals surface area contributed by atoms with Crippen molar-refractivity contribution in [2.45, 2.75) is 33.1 Å². The summed E-state index contributed by atoms with van der Waals surface area (Å²) in [6, 6.07) is 16.6.